The molecule has 5 nitrogen and oxygen atoms in total. The van der Waals surface area contributed by atoms with Crippen molar-refractivity contribution in [3.63, 3.8) is 0 Å². The summed E-state index contributed by atoms with van der Waals surface area (Å²) >= 11 is 0. The van der Waals surface area contributed by atoms with Crippen LogP contribution in [0.3, 0.4) is 0 Å². The first-order valence-electron chi connectivity index (χ1n) is 7.49. The molecule has 0 aliphatic heterocycles. The van der Waals surface area contributed by atoms with Crippen LogP contribution in [-0.2, 0) is 4.79 Å². The lowest BCUT2D eigenvalue weighted by molar-refractivity contribution is -0.114. The van der Waals surface area contributed by atoms with Gasteiger partial charge >= 0.3 is 0 Å². The maximum absolute atomic E-state index is 12.1. The van der Waals surface area contributed by atoms with E-state index in [2.05, 4.69) is 10.6 Å². The summed E-state index contributed by atoms with van der Waals surface area (Å²) in [7, 11) is 0. The van der Waals surface area contributed by atoms with E-state index < -0.39 is 0 Å². The highest BCUT2D eigenvalue weighted by Gasteiger charge is 2.06. The largest absolute Gasteiger partial charge is 0.494 e. The Morgan fingerprint density at radius 1 is 1.04 bits per heavy atom. The van der Waals surface area contributed by atoms with Gasteiger partial charge in [-0.3, -0.25) is 9.59 Å². The van der Waals surface area contributed by atoms with Gasteiger partial charge in [0.05, 0.1) is 6.61 Å². The SMILES string of the molecule is CC(=O)Nc1cccc(C(=O)NCCCOc2ccccc2)c1. The molecule has 0 heterocycles. The maximum Gasteiger partial charge on any atom is 0.251 e. The van der Waals surface area contributed by atoms with Crippen LogP contribution in [-0.4, -0.2) is 25.0 Å². The normalized spacial score (nSPS) is 9.96. The molecule has 0 aromatic heterocycles. The Morgan fingerprint density at radius 3 is 2.57 bits per heavy atom. The Hall–Kier alpha value is -2.82. The van der Waals surface area contributed by atoms with Crippen LogP contribution in [0.1, 0.15) is 23.7 Å². The van der Waals surface area contributed by atoms with E-state index in [9.17, 15) is 9.59 Å². The molecule has 0 radical (unpaired) electrons. The summed E-state index contributed by atoms with van der Waals surface area (Å²) in [6.45, 7) is 2.49. The number of nitrogens with one attached hydrogen (secondary N) is 2. The lowest BCUT2D eigenvalue weighted by Gasteiger charge is -2.08. The van der Waals surface area contributed by atoms with Crippen molar-refractivity contribution in [1.82, 2.24) is 5.32 Å². The molecule has 23 heavy (non-hydrogen) atoms. The van der Waals surface area contributed by atoms with Gasteiger partial charge in [-0.1, -0.05) is 24.3 Å². The summed E-state index contributed by atoms with van der Waals surface area (Å²) < 4.78 is 5.56. The van der Waals surface area contributed by atoms with Crippen LogP contribution in [0, 0.1) is 0 Å². The van der Waals surface area contributed by atoms with Crippen molar-refractivity contribution in [2.45, 2.75) is 13.3 Å². The van der Waals surface area contributed by atoms with Gasteiger partial charge in [-0.15, -0.1) is 0 Å². The molecule has 0 aliphatic carbocycles. The summed E-state index contributed by atoms with van der Waals surface area (Å²) in [5.41, 5.74) is 1.12. The molecule has 2 aromatic carbocycles. The van der Waals surface area contributed by atoms with Gasteiger partial charge in [0.2, 0.25) is 5.91 Å². The molecule has 0 aliphatic rings. The summed E-state index contributed by atoms with van der Waals surface area (Å²) in [5.74, 6) is 0.486. The standard InChI is InChI=1S/C18H20N2O3/c1-14(21)20-16-8-5-7-15(13-16)18(22)19-11-6-12-23-17-9-3-2-4-10-17/h2-5,7-10,13H,6,11-12H2,1H3,(H,19,22)(H,20,21). The average Bonchev–Trinajstić information content (AvgIpc) is 2.55. The van der Waals surface area contributed by atoms with E-state index in [-0.39, 0.29) is 11.8 Å². The van der Waals surface area contributed by atoms with Gasteiger partial charge in [0.1, 0.15) is 5.75 Å². The molecule has 2 N–H and O–H groups in total. The number of carbonyl (C=O) groups is 2. The number of ether oxygens (including phenoxy) is 1. The molecule has 0 fully saturated rings. The number of amides is 2. The van der Waals surface area contributed by atoms with Crippen molar-refractivity contribution >= 4 is 17.5 Å². The second-order valence-corrected chi connectivity index (χ2v) is 5.03. The highest BCUT2D eigenvalue weighted by Crippen LogP contribution is 2.11. The van der Waals surface area contributed by atoms with E-state index in [1.807, 2.05) is 30.3 Å². The van der Waals surface area contributed by atoms with E-state index >= 15 is 0 Å². The van der Waals surface area contributed by atoms with Crippen molar-refractivity contribution in [1.29, 1.82) is 0 Å². The second-order valence-electron chi connectivity index (χ2n) is 5.03. The van der Waals surface area contributed by atoms with E-state index in [1.54, 1.807) is 24.3 Å². The van der Waals surface area contributed by atoms with Gasteiger partial charge in [0.25, 0.3) is 5.91 Å². The Morgan fingerprint density at radius 2 is 1.83 bits per heavy atom. The monoisotopic (exact) mass is 312 g/mol. The fraction of sp³-hybridized carbons (Fsp3) is 0.222. The van der Waals surface area contributed by atoms with Gasteiger partial charge in [0.15, 0.2) is 0 Å². The van der Waals surface area contributed by atoms with Crippen LogP contribution < -0.4 is 15.4 Å². The molecular weight excluding hydrogens is 292 g/mol. The van der Waals surface area contributed by atoms with Crippen LogP contribution in [0.5, 0.6) is 5.75 Å². The van der Waals surface area contributed by atoms with Crippen LogP contribution in [0.15, 0.2) is 54.6 Å². The van der Waals surface area contributed by atoms with Gasteiger partial charge in [-0.25, -0.2) is 0 Å². The zero-order valence-electron chi connectivity index (χ0n) is 13.0. The molecule has 5 heteroatoms. The first-order valence-corrected chi connectivity index (χ1v) is 7.49. The highest BCUT2D eigenvalue weighted by molar-refractivity contribution is 5.96. The van der Waals surface area contributed by atoms with Crippen LogP contribution in [0.4, 0.5) is 5.69 Å². The minimum absolute atomic E-state index is 0.166. The molecule has 2 rings (SSSR count). The molecule has 0 bridgehead atoms. The van der Waals surface area contributed by atoms with Crippen LogP contribution >= 0.6 is 0 Å². The summed E-state index contributed by atoms with van der Waals surface area (Å²) in [6.07, 6.45) is 0.714. The number of benzene rings is 2. The highest BCUT2D eigenvalue weighted by atomic mass is 16.5. The Kier molecular flexibility index (Phi) is 6.17. The number of hydrogen-bond donors (Lipinski definition) is 2. The van der Waals surface area contributed by atoms with Crippen molar-refractivity contribution < 1.29 is 14.3 Å². The second kappa shape index (κ2) is 8.58. The molecule has 0 spiro atoms. The first-order chi connectivity index (χ1) is 11.1. The third kappa shape index (κ3) is 5.82. The van der Waals surface area contributed by atoms with Crippen molar-refractivity contribution in [3.05, 3.63) is 60.2 Å². The van der Waals surface area contributed by atoms with Gasteiger partial charge in [-0.05, 0) is 36.8 Å². The van der Waals surface area contributed by atoms with Crippen molar-refractivity contribution in [2.75, 3.05) is 18.5 Å². The predicted molar refractivity (Wildman–Crippen MR) is 89.6 cm³/mol. The Bertz CT molecular complexity index is 656. The van der Waals surface area contributed by atoms with Gasteiger partial charge in [-0.2, -0.15) is 0 Å². The third-order valence-corrected chi connectivity index (χ3v) is 3.06. The van der Waals surface area contributed by atoms with E-state index in [0.29, 0.717) is 30.8 Å². The van der Waals surface area contributed by atoms with E-state index in [1.165, 1.54) is 6.92 Å². The molecule has 2 amide bonds. The quantitative estimate of drug-likeness (QED) is 0.773. The number of carbonyl (C=O) groups excluding carboxylic acids is 2. The molecule has 0 atom stereocenters. The minimum Gasteiger partial charge on any atom is -0.494 e. The fourth-order valence-corrected chi connectivity index (χ4v) is 2.02. The molecular formula is C18H20N2O3. The summed E-state index contributed by atoms with van der Waals surface area (Å²) in [4.78, 5) is 23.1. The minimum atomic E-state index is -0.170. The number of hydrogen-bond acceptors (Lipinski definition) is 3. The summed E-state index contributed by atoms with van der Waals surface area (Å²) in [5, 5.41) is 5.49. The Labute approximate surface area is 135 Å². The number of rotatable bonds is 7. The summed E-state index contributed by atoms with van der Waals surface area (Å²) in [6, 6.07) is 16.4. The first kappa shape index (κ1) is 16.5. The van der Waals surface area contributed by atoms with Crippen LogP contribution in [0.2, 0.25) is 0 Å². The third-order valence-electron chi connectivity index (χ3n) is 3.06. The topological polar surface area (TPSA) is 67.4 Å². The zero-order chi connectivity index (χ0) is 16.5. The molecule has 0 saturated carbocycles. The van der Waals surface area contributed by atoms with Crippen LogP contribution in [0.25, 0.3) is 0 Å². The smallest absolute Gasteiger partial charge is 0.251 e. The lowest BCUT2D eigenvalue weighted by Crippen LogP contribution is -2.25. The van der Waals surface area contributed by atoms with Crippen molar-refractivity contribution in [2.24, 2.45) is 0 Å². The zero-order valence-corrected chi connectivity index (χ0v) is 13.0. The molecule has 120 valence electrons. The van der Waals surface area contributed by atoms with Gasteiger partial charge in [0, 0.05) is 24.7 Å². The van der Waals surface area contributed by atoms with E-state index in [0.717, 1.165) is 5.75 Å². The average molecular weight is 312 g/mol. The molecule has 0 saturated heterocycles. The van der Waals surface area contributed by atoms with Gasteiger partial charge < -0.3 is 15.4 Å². The van der Waals surface area contributed by atoms with Crippen molar-refractivity contribution in [3.8, 4) is 5.75 Å². The Balaban J connectivity index is 1.73. The maximum atomic E-state index is 12.1. The number of anilines is 1. The lowest BCUT2D eigenvalue weighted by atomic mass is 10.2. The number of para-hydroxylation sites is 1. The predicted octanol–water partition coefficient (Wildman–Crippen LogP) is 2.84. The molecule has 2 aromatic rings. The fourth-order valence-electron chi connectivity index (χ4n) is 2.02. The van der Waals surface area contributed by atoms with E-state index in [4.69, 9.17) is 4.74 Å². The molecule has 0 unspecified atom stereocenters.